The molecule has 0 bridgehead atoms. The van der Waals surface area contributed by atoms with Gasteiger partial charge in [0.2, 0.25) is 5.91 Å². The molecule has 0 aromatic heterocycles. The highest BCUT2D eigenvalue weighted by Gasteiger charge is 2.25. The van der Waals surface area contributed by atoms with Crippen LogP contribution in [0.2, 0.25) is 5.02 Å². The van der Waals surface area contributed by atoms with Crippen LogP contribution >= 0.6 is 11.6 Å². The van der Waals surface area contributed by atoms with Crippen molar-refractivity contribution in [2.45, 2.75) is 32.2 Å². The van der Waals surface area contributed by atoms with Gasteiger partial charge in [-0.2, -0.15) is 0 Å². The maximum absolute atomic E-state index is 13.0. The lowest BCUT2D eigenvalue weighted by atomic mass is 10.00. The van der Waals surface area contributed by atoms with Crippen LogP contribution in [0.3, 0.4) is 0 Å². The third-order valence-corrected chi connectivity index (χ3v) is 5.42. The van der Waals surface area contributed by atoms with Crippen molar-refractivity contribution in [2.24, 2.45) is 5.92 Å². The third-order valence-electron chi connectivity index (χ3n) is 5.19. The Morgan fingerprint density at radius 3 is 2.56 bits per heavy atom. The molecule has 1 heterocycles. The van der Waals surface area contributed by atoms with Crippen LogP contribution in [-0.4, -0.2) is 30.4 Å². The molecular weight excluding hydrogens is 363 g/mol. The van der Waals surface area contributed by atoms with Crippen LogP contribution in [0.1, 0.15) is 36.9 Å². The lowest BCUT2D eigenvalue weighted by Crippen LogP contribution is -2.39. The monoisotopic (exact) mass is 388 g/mol. The summed E-state index contributed by atoms with van der Waals surface area (Å²) in [5.74, 6) is -0.412. The van der Waals surface area contributed by atoms with Crippen LogP contribution < -0.4 is 5.32 Å². The molecule has 0 spiro atoms. The fourth-order valence-electron chi connectivity index (χ4n) is 3.66. The summed E-state index contributed by atoms with van der Waals surface area (Å²) in [6, 6.07) is 14.4. The number of carbonyl (C=O) groups is 1. The molecule has 5 heteroatoms. The third kappa shape index (κ3) is 5.53. The van der Waals surface area contributed by atoms with Gasteiger partial charge in [-0.05, 0) is 67.7 Å². The number of amides is 1. The van der Waals surface area contributed by atoms with Gasteiger partial charge in [0.25, 0.3) is 0 Å². The second kappa shape index (κ2) is 9.34. The minimum Gasteiger partial charge on any atom is -0.354 e. The van der Waals surface area contributed by atoms with Crippen molar-refractivity contribution in [3.05, 3.63) is 70.5 Å². The molecule has 0 aliphatic carbocycles. The van der Waals surface area contributed by atoms with E-state index >= 15 is 0 Å². The Morgan fingerprint density at radius 1 is 1.19 bits per heavy atom. The molecule has 1 aliphatic heterocycles. The van der Waals surface area contributed by atoms with Gasteiger partial charge in [0.15, 0.2) is 0 Å². The van der Waals surface area contributed by atoms with Gasteiger partial charge in [0.1, 0.15) is 5.82 Å². The summed E-state index contributed by atoms with van der Waals surface area (Å²) >= 11 is 6.18. The van der Waals surface area contributed by atoms with Crippen molar-refractivity contribution >= 4 is 17.5 Å². The summed E-state index contributed by atoms with van der Waals surface area (Å²) in [6.45, 7) is 4.55. The van der Waals surface area contributed by atoms with E-state index < -0.39 is 0 Å². The molecule has 3 rings (SSSR count). The van der Waals surface area contributed by atoms with Crippen molar-refractivity contribution < 1.29 is 9.18 Å². The van der Waals surface area contributed by atoms with E-state index in [9.17, 15) is 9.18 Å². The average Bonchev–Trinajstić information content (AvgIpc) is 3.18. The maximum Gasteiger partial charge on any atom is 0.223 e. The topological polar surface area (TPSA) is 32.3 Å². The summed E-state index contributed by atoms with van der Waals surface area (Å²) < 4.78 is 13.0. The Hall–Kier alpha value is -1.91. The Labute approximate surface area is 165 Å². The molecule has 1 amide bonds. The molecule has 2 aromatic carbocycles. The molecule has 0 saturated carbocycles. The standard InChI is InChI=1S/C22H26ClFN2O/c1-16(13-17-7-9-20(24)10-8-17)22(27)25-15-21(26-11-2-3-12-26)18-5-4-6-19(23)14-18/h4-10,14,16,21H,2-3,11-13,15H2,1H3,(H,25,27). The van der Waals surface area contributed by atoms with E-state index in [0.717, 1.165) is 24.2 Å². The summed E-state index contributed by atoms with van der Waals surface area (Å²) in [4.78, 5) is 15.0. The Balaban J connectivity index is 1.62. The van der Waals surface area contributed by atoms with Crippen molar-refractivity contribution in [1.29, 1.82) is 0 Å². The van der Waals surface area contributed by atoms with Gasteiger partial charge < -0.3 is 5.32 Å². The van der Waals surface area contributed by atoms with E-state index in [-0.39, 0.29) is 23.7 Å². The Morgan fingerprint density at radius 2 is 1.89 bits per heavy atom. The zero-order valence-corrected chi connectivity index (χ0v) is 16.4. The summed E-state index contributed by atoms with van der Waals surface area (Å²) in [5, 5.41) is 3.83. The lowest BCUT2D eigenvalue weighted by molar-refractivity contribution is -0.124. The normalized spacial score (nSPS) is 16.9. The van der Waals surface area contributed by atoms with E-state index in [2.05, 4.69) is 16.3 Å². The number of nitrogens with one attached hydrogen (secondary N) is 1. The van der Waals surface area contributed by atoms with Crippen LogP contribution in [0.15, 0.2) is 48.5 Å². The largest absolute Gasteiger partial charge is 0.354 e. The first-order valence-corrected chi connectivity index (χ1v) is 9.92. The minimum absolute atomic E-state index is 0.0190. The SMILES string of the molecule is CC(Cc1ccc(F)cc1)C(=O)NCC(c1cccc(Cl)c1)N1CCCC1. The molecular formula is C22H26ClFN2O. The molecule has 1 saturated heterocycles. The Bertz CT molecular complexity index is 759. The van der Waals surface area contributed by atoms with Crippen LogP contribution in [-0.2, 0) is 11.2 Å². The highest BCUT2D eigenvalue weighted by atomic mass is 35.5. The molecule has 1 N–H and O–H groups in total. The fraction of sp³-hybridized carbons (Fsp3) is 0.409. The van der Waals surface area contributed by atoms with Crippen molar-refractivity contribution in [3.63, 3.8) is 0 Å². The van der Waals surface area contributed by atoms with Crippen LogP contribution in [0.25, 0.3) is 0 Å². The number of nitrogens with zero attached hydrogens (tertiary/aromatic N) is 1. The first-order valence-electron chi connectivity index (χ1n) is 9.54. The van der Waals surface area contributed by atoms with Crippen molar-refractivity contribution in [3.8, 4) is 0 Å². The molecule has 27 heavy (non-hydrogen) atoms. The number of hydrogen-bond acceptors (Lipinski definition) is 2. The van der Waals surface area contributed by atoms with Gasteiger partial charge >= 0.3 is 0 Å². The van der Waals surface area contributed by atoms with E-state index in [1.54, 1.807) is 12.1 Å². The molecule has 2 unspecified atom stereocenters. The first-order chi connectivity index (χ1) is 13.0. The lowest BCUT2D eigenvalue weighted by Gasteiger charge is -2.29. The predicted molar refractivity (Wildman–Crippen MR) is 107 cm³/mol. The molecule has 1 aliphatic rings. The highest BCUT2D eigenvalue weighted by Crippen LogP contribution is 2.26. The van der Waals surface area contributed by atoms with E-state index in [0.29, 0.717) is 18.0 Å². The smallest absolute Gasteiger partial charge is 0.223 e. The molecule has 1 fully saturated rings. The van der Waals surface area contributed by atoms with Crippen LogP contribution in [0.4, 0.5) is 4.39 Å². The van der Waals surface area contributed by atoms with E-state index in [1.807, 2.05) is 25.1 Å². The van der Waals surface area contributed by atoms with Crippen molar-refractivity contribution in [2.75, 3.05) is 19.6 Å². The first kappa shape index (κ1) is 19.8. The number of rotatable bonds is 7. The van der Waals surface area contributed by atoms with Gasteiger partial charge in [-0.15, -0.1) is 0 Å². The molecule has 144 valence electrons. The second-order valence-corrected chi connectivity index (χ2v) is 7.73. The summed E-state index contributed by atoms with van der Waals surface area (Å²) in [5.41, 5.74) is 2.10. The fourth-order valence-corrected chi connectivity index (χ4v) is 3.86. The van der Waals surface area contributed by atoms with E-state index in [1.165, 1.54) is 25.0 Å². The number of halogens is 2. The number of carbonyl (C=O) groups excluding carboxylic acids is 1. The van der Waals surface area contributed by atoms with Gasteiger partial charge in [-0.1, -0.05) is 42.8 Å². The minimum atomic E-state index is -0.258. The van der Waals surface area contributed by atoms with Gasteiger partial charge in [0.05, 0.1) is 6.04 Å². The van der Waals surface area contributed by atoms with Crippen LogP contribution in [0, 0.1) is 11.7 Å². The number of hydrogen-bond donors (Lipinski definition) is 1. The average molecular weight is 389 g/mol. The zero-order chi connectivity index (χ0) is 19.2. The molecule has 3 nitrogen and oxygen atoms in total. The molecule has 2 atom stereocenters. The van der Waals surface area contributed by atoms with Crippen LogP contribution in [0.5, 0.6) is 0 Å². The number of likely N-dealkylation sites (tertiary alicyclic amines) is 1. The molecule has 2 aromatic rings. The van der Waals surface area contributed by atoms with Gasteiger partial charge in [0, 0.05) is 17.5 Å². The summed E-state index contributed by atoms with van der Waals surface area (Å²) in [7, 11) is 0. The predicted octanol–water partition coefficient (Wildman–Crippen LogP) is 4.61. The summed E-state index contributed by atoms with van der Waals surface area (Å²) in [6.07, 6.45) is 2.97. The maximum atomic E-state index is 13.0. The Kier molecular flexibility index (Phi) is 6.86. The van der Waals surface area contributed by atoms with E-state index in [4.69, 9.17) is 11.6 Å². The van der Waals surface area contributed by atoms with Crippen molar-refractivity contribution in [1.82, 2.24) is 10.2 Å². The van der Waals surface area contributed by atoms with Gasteiger partial charge in [-0.25, -0.2) is 4.39 Å². The number of benzene rings is 2. The zero-order valence-electron chi connectivity index (χ0n) is 15.6. The molecule has 0 radical (unpaired) electrons. The quantitative estimate of drug-likeness (QED) is 0.751. The second-order valence-electron chi connectivity index (χ2n) is 7.29. The highest BCUT2D eigenvalue weighted by molar-refractivity contribution is 6.30. The van der Waals surface area contributed by atoms with Gasteiger partial charge in [-0.3, -0.25) is 9.69 Å².